The molecule has 546 valence electrons. The Morgan fingerprint density at radius 1 is 0.253 bits per heavy atom. The SMILES string of the molecule is CCC/C=C(/C=O)CC.CCC/C=C(/C=O)CCC.CCCC/C=C(/C=O)CC.CCCC/C=C(/C=O)CCC.CCCC=O.CCCCC(CC)CO.CCCCC(CO)CCC.CCCCC=O.CCCCCC(CC)CO.CCCCCC(CO)CCC. The molecule has 0 heterocycles. The minimum absolute atomic E-state index is 0.372. The van der Waals surface area contributed by atoms with Crippen LogP contribution in [0, 0.1) is 23.7 Å². The van der Waals surface area contributed by atoms with E-state index in [1.165, 1.54) is 141 Å². The predicted octanol–water partition coefficient (Wildman–Crippen LogP) is 23.5. The van der Waals surface area contributed by atoms with Gasteiger partial charge in [-0.1, -0.05) is 297 Å². The maximum atomic E-state index is 10.4. The lowest BCUT2D eigenvalue weighted by atomic mass is 9.98. The van der Waals surface area contributed by atoms with Gasteiger partial charge in [0, 0.05) is 39.3 Å². The van der Waals surface area contributed by atoms with Crippen molar-refractivity contribution in [1.82, 2.24) is 0 Å². The third kappa shape index (κ3) is 115. The van der Waals surface area contributed by atoms with Gasteiger partial charge in [0.1, 0.15) is 37.7 Å². The van der Waals surface area contributed by atoms with Gasteiger partial charge in [-0.25, -0.2) is 0 Å². The quantitative estimate of drug-likeness (QED) is 0.0260. The Kier molecular flexibility index (Phi) is 134. The summed E-state index contributed by atoms with van der Waals surface area (Å²) in [6.07, 6.45) is 60.1. The van der Waals surface area contributed by atoms with E-state index >= 15 is 0 Å². The molecule has 0 radical (unpaired) electrons. The standard InChI is InChI=1S/C10H22O.C10H18O.C9H20O.C9H16O.C9H20O.C9H16O.C8H18O.C8H14O.C5H10O.C4H8O/c2*1-3-5-6-8-10(9-11)7-4-2;2*1-3-5-6-7-9(4-2)8-10;2*1-3-5-7-9(8-10)6-4-2;2*1-3-5-6-8(4-2)7-9;1-2-3-4-5-6;1-2-3-4-5/h10-11H,3-9H2,1-2H3;8-9H,3-7H2,1-2H3;9-10H,3-8H2,1-2H3;7-8H,3-6H2,1-2H3;9-10H,3-8H2,1-2H3;7-8H,3-6H2,1-2H3;8-9H,3-7H2,1-2H3;6-7H,3-5H2,1-2H3;5H,2-4H2,1H3;4H,2-3H2,1H3/b;10-8+;;9-7+;;9-7+;;8-6+;;. The molecule has 10 heteroatoms. The fourth-order valence-electron chi connectivity index (χ4n) is 8.27. The number of carbonyl (C=O) groups is 6. The topological polar surface area (TPSA) is 183 Å². The average Bonchev–Trinajstić information content (AvgIpc) is 3.60. The number of unbranched alkanes of at least 4 members (excludes halogenated alkanes) is 15. The molecular weight excluding hydrogens is 1130 g/mol. The number of hydrogen-bond donors (Lipinski definition) is 4. The first-order chi connectivity index (χ1) is 44.1. The molecular formula is C81H162O10. The Morgan fingerprint density at radius 3 is 0.758 bits per heavy atom. The van der Waals surface area contributed by atoms with Crippen molar-refractivity contribution in [1.29, 1.82) is 0 Å². The molecule has 0 aromatic heterocycles. The molecule has 0 saturated carbocycles. The van der Waals surface area contributed by atoms with Crippen molar-refractivity contribution in [2.75, 3.05) is 26.4 Å². The normalized spacial score (nSPS) is 12.0. The lowest BCUT2D eigenvalue weighted by Gasteiger charge is -2.11. The van der Waals surface area contributed by atoms with Crippen LogP contribution in [0.4, 0.5) is 0 Å². The maximum Gasteiger partial charge on any atom is 0.145 e. The fourth-order valence-corrected chi connectivity index (χ4v) is 8.27. The van der Waals surface area contributed by atoms with Gasteiger partial charge in [-0.15, -0.1) is 0 Å². The number of rotatable bonds is 49. The minimum atomic E-state index is 0.372. The number of hydrogen-bond acceptors (Lipinski definition) is 10. The molecule has 4 unspecified atom stereocenters. The summed E-state index contributed by atoms with van der Waals surface area (Å²) in [5.41, 5.74) is 3.80. The van der Waals surface area contributed by atoms with Crippen LogP contribution >= 0.6 is 0 Å². The van der Waals surface area contributed by atoms with Gasteiger partial charge in [-0.3, -0.25) is 19.2 Å². The van der Waals surface area contributed by atoms with E-state index in [1.807, 2.05) is 39.0 Å². The van der Waals surface area contributed by atoms with Crippen molar-refractivity contribution in [2.45, 2.75) is 388 Å². The van der Waals surface area contributed by atoms with E-state index in [0.29, 0.717) is 56.5 Å². The highest BCUT2D eigenvalue weighted by Crippen LogP contribution is 2.16. The highest BCUT2D eigenvalue weighted by Gasteiger charge is 2.06. The molecule has 0 spiro atoms. The number of aliphatic hydroxyl groups is 4. The number of aliphatic hydroxyl groups excluding tert-OH is 4. The van der Waals surface area contributed by atoms with Crippen LogP contribution in [0.15, 0.2) is 46.6 Å². The van der Waals surface area contributed by atoms with Crippen molar-refractivity contribution in [3.8, 4) is 0 Å². The minimum Gasteiger partial charge on any atom is -0.396 e. The van der Waals surface area contributed by atoms with E-state index in [0.717, 1.165) is 176 Å². The van der Waals surface area contributed by atoms with Crippen molar-refractivity contribution >= 4 is 37.7 Å². The highest BCUT2D eigenvalue weighted by atomic mass is 16.3. The summed E-state index contributed by atoms with van der Waals surface area (Å²) in [5, 5.41) is 35.4. The van der Waals surface area contributed by atoms with Gasteiger partial charge in [0.2, 0.25) is 0 Å². The van der Waals surface area contributed by atoms with Crippen LogP contribution in [-0.4, -0.2) is 84.6 Å². The highest BCUT2D eigenvalue weighted by molar-refractivity contribution is 5.74. The molecule has 0 aromatic carbocycles. The van der Waals surface area contributed by atoms with Crippen molar-refractivity contribution in [3.05, 3.63) is 46.6 Å². The molecule has 0 saturated heterocycles. The smallest absolute Gasteiger partial charge is 0.145 e. The molecule has 4 N–H and O–H groups in total. The second-order valence-corrected chi connectivity index (χ2v) is 23.8. The summed E-state index contributed by atoms with van der Waals surface area (Å²) in [6, 6.07) is 0. The zero-order chi connectivity index (χ0) is 71.5. The van der Waals surface area contributed by atoms with E-state index in [2.05, 4.69) is 110 Å². The monoisotopic (exact) mass is 1300 g/mol. The lowest BCUT2D eigenvalue weighted by Crippen LogP contribution is -2.05. The van der Waals surface area contributed by atoms with E-state index < -0.39 is 0 Å². The van der Waals surface area contributed by atoms with Crippen LogP contribution in [0.1, 0.15) is 388 Å². The Balaban J connectivity index is -0.000000101. The Bertz CT molecular complexity index is 1440. The van der Waals surface area contributed by atoms with Gasteiger partial charge < -0.3 is 30.0 Å². The average molecular weight is 1300 g/mol. The van der Waals surface area contributed by atoms with E-state index in [4.69, 9.17) is 20.4 Å². The van der Waals surface area contributed by atoms with Crippen LogP contribution in [0.2, 0.25) is 0 Å². The molecule has 4 atom stereocenters. The Morgan fingerprint density at radius 2 is 0.527 bits per heavy atom. The van der Waals surface area contributed by atoms with Crippen LogP contribution in [0.3, 0.4) is 0 Å². The first-order valence-electron chi connectivity index (χ1n) is 38.0. The van der Waals surface area contributed by atoms with Gasteiger partial charge in [0.25, 0.3) is 0 Å². The summed E-state index contributed by atoms with van der Waals surface area (Å²) >= 11 is 0. The first-order valence-corrected chi connectivity index (χ1v) is 38.0. The third-order valence-electron chi connectivity index (χ3n) is 14.8. The summed E-state index contributed by atoms with van der Waals surface area (Å²) in [4.78, 5) is 60.2. The molecule has 10 nitrogen and oxygen atoms in total. The molecule has 0 aliphatic carbocycles. The van der Waals surface area contributed by atoms with E-state index in [-0.39, 0.29) is 0 Å². The largest absolute Gasteiger partial charge is 0.396 e. The third-order valence-corrected chi connectivity index (χ3v) is 14.8. The molecule has 0 fully saturated rings. The van der Waals surface area contributed by atoms with Crippen LogP contribution < -0.4 is 0 Å². The molecule has 0 aliphatic heterocycles. The molecule has 91 heavy (non-hydrogen) atoms. The molecule has 0 rings (SSSR count). The van der Waals surface area contributed by atoms with Crippen molar-refractivity contribution in [2.24, 2.45) is 23.7 Å². The summed E-state index contributed by atoms with van der Waals surface area (Å²) in [6.45, 7) is 39.7. The fraction of sp³-hybridized carbons (Fsp3) is 0.827. The number of allylic oxidation sites excluding steroid dienone is 8. The summed E-state index contributed by atoms with van der Waals surface area (Å²) in [7, 11) is 0. The van der Waals surface area contributed by atoms with E-state index in [1.54, 1.807) is 0 Å². The van der Waals surface area contributed by atoms with Gasteiger partial charge in [0.15, 0.2) is 0 Å². The second kappa shape index (κ2) is 111. The van der Waals surface area contributed by atoms with Gasteiger partial charge in [0.05, 0.1) is 0 Å². The zero-order valence-electron chi connectivity index (χ0n) is 64.1. The van der Waals surface area contributed by atoms with Gasteiger partial charge in [-0.2, -0.15) is 0 Å². The van der Waals surface area contributed by atoms with Crippen LogP contribution in [-0.2, 0) is 28.8 Å². The van der Waals surface area contributed by atoms with Crippen molar-refractivity contribution in [3.63, 3.8) is 0 Å². The van der Waals surface area contributed by atoms with E-state index in [9.17, 15) is 28.8 Å². The van der Waals surface area contributed by atoms with Gasteiger partial charge in [-0.05, 0) is 149 Å². The van der Waals surface area contributed by atoms with Crippen LogP contribution in [0.5, 0.6) is 0 Å². The molecule has 0 aliphatic rings. The van der Waals surface area contributed by atoms with Gasteiger partial charge >= 0.3 is 0 Å². The molecule has 0 aromatic rings. The maximum absolute atomic E-state index is 10.4. The Hall–Kier alpha value is -3.18. The Labute approximate surface area is 568 Å². The number of aldehydes is 6. The summed E-state index contributed by atoms with van der Waals surface area (Å²) < 4.78 is 0. The second-order valence-electron chi connectivity index (χ2n) is 23.8. The predicted molar refractivity (Wildman–Crippen MR) is 402 cm³/mol. The first kappa shape index (κ1) is 109. The molecule has 0 bridgehead atoms. The summed E-state index contributed by atoms with van der Waals surface area (Å²) in [5.74, 6) is 2.27. The van der Waals surface area contributed by atoms with Crippen molar-refractivity contribution < 1.29 is 49.2 Å². The number of carbonyl (C=O) groups excluding carboxylic acids is 6. The lowest BCUT2D eigenvalue weighted by molar-refractivity contribution is -0.108. The zero-order valence-corrected chi connectivity index (χ0v) is 64.1. The molecule has 0 amide bonds. The van der Waals surface area contributed by atoms with Crippen LogP contribution in [0.25, 0.3) is 0 Å².